The van der Waals surface area contributed by atoms with E-state index < -0.39 is 17.5 Å². The van der Waals surface area contributed by atoms with Crippen molar-refractivity contribution in [1.82, 2.24) is 0 Å². The largest absolute Gasteiger partial charge is 0.463 e. The van der Waals surface area contributed by atoms with Crippen LogP contribution in [0.15, 0.2) is 12.2 Å². The summed E-state index contributed by atoms with van der Waals surface area (Å²) >= 11 is 0. The molecule has 1 fully saturated rings. The number of cyclic esters (lactones) is 1. The summed E-state index contributed by atoms with van der Waals surface area (Å²) in [5.74, 6) is -0.980. The van der Waals surface area contributed by atoms with Crippen LogP contribution in [0.2, 0.25) is 0 Å². The van der Waals surface area contributed by atoms with Crippen LogP contribution in [-0.2, 0) is 19.1 Å². The first-order valence-electron chi connectivity index (χ1n) is 4.08. The Labute approximate surface area is 76.5 Å². The van der Waals surface area contributed by atoms with E-state index in [0.29, 0.717) is 5.57 Å². The van der Waals surface area contributed by atoms with Crippen LogP contribution in [0.4, 0.5) is 0 Å². The zero-order chi connectivity index (χ0) is 10.1. The first-order chi connectivity index (χ1) is 6.00. The van der Waals surface area contributed by atoms with Crippen molar-refractivity contribution >= 4 is 11.9 Å². The molecule has 1 heterocycles. The Bertz CT molecular complexity index is 269. The SMILES string of the molecule is C=C1CC(=O)OC1(C)C(=O)OCC. The highest BCUT2D eigenvalue weighted by Crippen LogP contribution is 2.31. The average molecular weight is 184 g/mol. The van der Waals surface area contributed by atoms with Gasteiger partial charge >= 0.3 is 11.9 Å². The fourth-order valence-corrected chi connectivity index (χ4v) is 1.13. The quantitative estimate of drug-likeness (QED) is 0.470. The fraction of sp³-hybridized carbons (Fsp3) is 0.556. The van der Waals surface area contributed by atoms with Crippen molar-refractivity contribution in [2.45, 2.75) is 25.9 Å². The number of hydrogen-bond acceptors (Lipinski definition) is 4. The fourth-order valence-electron chi connectivity index (χ4n) is 1.13. The molecule has 1 atom stereocenters. The van der Waals surface area contributed by atoms with Gasteiger partial charge in [-0.1, -0.05) is 6.58 Å². The third kappa shape index (κ3) is 1.56. The summed E-state index contributed by atoms with van der Waals surface area (Å²) in [7, 11) is 0. The predicted molar refractivity (Wildman–Crippen MR) is 44.9 cm³/mol. The Morgan fingerprint density at radius 1 is 1.77 bits per heavy atom. The van der Waals surface area contributed by atoms with Gasteiger partial charge < -0.3 is 9.47 Å². The lowest BCUT2D eigenvalue weighted by Crippen LogP contribution is -2.37. The van der Waals surface area contributed by atoms with Crippen molar-refractivity contribution < 1.29 is 19.1 Å². The summed E-state index contributed by atoms with van der Waals surface area (Å²) in [5.41, 5.74) is -0.816. The highest BCUT2D eigenvalue weighted by molar-refractivity contribution is 5.92. The van der Waals surface area contributed by atoms with Gasteiger partial charge in [-0.15, -0.1) is 0 Å². The Morgan fingerprint density at radius 3 is 2.77 bits per heavy atom. The van der Waals surface area contributed by atoms with Crippen LogP contribution in [0.1, 0.15) is 20.3 Å². The Morgan fingerprint density at radius 2 is 2.38 bits per heavy atom. The van der Waals surface area contributed by atoms with Gasteiger partial charge in [0.15, 0.2) is 0 Å². The second-order valence-electron chi connectivity index (χ2n) is 3.01. The summed E-state index contributed by atoms with van der Waals surface area (Å²) < 4.78 is 9.63. The number of ether oxygens (including phenoxy) is 2. The minimum absolute atomic E-state index is 0.0926. The van der Waals surface area contributed by atoms with E-state index in [1.807, 2.05) is 0 Å². The maximum absolute atomic E-state index is 11.4. The van der Waals surface area contributed by atoms with E-state index in [9.17, 15) is 9.59 Å². The molecule has 0 bridgehead atoms. The van der Waals surface area contributed by atoms with Gasteiger partial charge in [-0.25, -0.2) is 4.79 Å². The van der Waals surface area contributed by atoms with Crippen LogP contribution in [-0.4, -0.2) is 24.1 Å². The third-order valence-electron chi connectivity index (χ3n) is 2.02. The molecule has 1 aliphatic heterocycles. The number of hydrogen-bond donors (Lipinski definition) is 0. The van der Waals surface area contributed by atoms with Crippen LogP contribution in [0, 0.1) is 0 Å². The molecule has 4 nitrogen and oxygen atoms in total. The molecule has 72 valence electrons. The summed E-state index contributed by atoms with van der Waals surface area (Å²) in [4.78, 5) is 22.2. The molecule has 0 amide bonds. The van der Waals surface area contributed by atoms with Gasteiger partial charge in [-0.3, -0.25) is 4.79 Å². The van der Waals surface area contributed by atoms with Crippen molar-refractivity contribution in [3.63, 3.8) is 0 Å². The smallest absolute Gasteiger partial charge is 0.354 e. The molecule has 1 unspecified atom stereocenters. The highest BCUT2D eigenvalue weighted by Gasteiger charge is 2.47. The zero-order valence-corrected chi connectivity index (χ0v) is 7.75. The Balaban J connectivity index is 2.81. The van der Waals surface area contributed by atoms with Crippen LogP contribution in [0.3, 0.4) is 0 Å². The van der Waals surface area contributed by atoms with Crippen LogP contribution < -0.4 is 0 Å². The molecule has 0 aromatic carbocycles. The zero-order valence-electron chi connectivity index (χ0n) is 7.75. The topological polar surface area (TPSA) is 52.6 Å². The van der Waals surface area contributed by atoms with Crippen LogP contribution in [0.25, 0.3) is 0 Å². The van der Waals surface area contributed by atoms with E-state index in [1.165, 1.54) is 6.92 Å². The summed E-state index contributed by atoms with van der Waals surface area (Å²) in [6.45, 7) is 7.07. The average Bonchev–Trinajstić information content (AvgIpc) is 2.28. The normalized spacial score (nSPS) is 27.2. The lowest BCUT2D eigenvalue weighted by Gasteiger charge is -2.20. The van der Waals surface area contributed by atoms with Gasteiger partial charge in [-0.05, 0) is 19.4 Å². The lowest BCUT2D eigenvalue weighted by atomic mass is 9.98. The van der Waals surface area contributed by atoms with Gasteiger partial charge in [0.1, 0.15) is 0 Å². The second kappa shape index (κ2) is 3.20. The number of rotatable bonds is 2. The summed E-state index contributed by atoms with van der Waals surface area (Å²) in [6.07, 6.45) is 0.0926. The van der Waals surface area contributed by atoms with E-state index in [2.05, 4.69) is 6.58 Å². The van der Waals surface area contributed by atoms with Gasteiger partial charge in [0, 0.05) is 0 Å². The van der Waals surface area contributed by atoms with Crippen molar-refractivity contribution in [1.29, 1.82) is 0 Å². The van der Waals surface area contributed by atoms with Crippen LogP contribution >= 0.6 is 0 Å². The van der Waals surface area contributed by atoms with E-state index in [1.54, 1.807) is 6.92 Å². The molecule has 0 aromatic rings. The maximum Gasteiger partial charge on any atom is 0.354 e. The van der Waals surface area contributed by atoms with Gasteiger partial charge in [-0.2, -0.15) is 0 Å². The number of carbonyl (C=O) groups excluding carboxylic acids is 2. The molecule has 0 aliphatic carbocycles. The van der Waals surface area contributed by atoms with Crippen LogP contribution in [0.5, 0.6) is 0 Å². The predicted octanol–water partition coefficient (Wildman–Crippen LogP) is 0.811. The third-order valence-corrected chi connectivity index (χ3v) is 2.02. The minimum atomic E-state index is -1.27. The van der Waals surface area contributed by atoms with Crippen molar-refractivity contribution in [3.8, 4) is 0 Å². The molecule has 0 radical (unpaired) electrons. The molecular formula is C9H12O4. The van der Waals surface area contributed by atoms with Crippen molar-refractivity contribution in [2.24, 2.45) is 0 Å². The molecule has 1 rings (SSSR count). The summed E-state index contributed by atoms with van der Waals surface area (Å²) in [5, 5.41) is 0. The standard InChI is InChI=1S/C9H12O4/c1-4-12-8(11)9(3)6(2)5-7(10)13-9/h2,4-5H2,1,3H3. The molecule has 0 N–H and O–H groups in total. The molecule has 13 heavy (non-hydrogen) atoms. The molecule has 0 saturated carbocycles. The first kappa shape index (κ1) is 9.77. The monoisotopic (exact) mass is 184 g/mol. The Hall–Kier alpha value is -1.32. The van der Waals surface area contributed by atoms with E-state index >= 15 is 0 Å². The lowest BCUT2D eigenvalue weighted by molar-refractivity contribution is -0.169. The molecule has 0 spiro atoms. The van der Waals surface area contributed by atoms with Crippen molar-refractivity contribution in [2.75, 3.05) is 6.61 Å². The van der Waals surface area contributed by atoms with Gasteiger partial charge in [0.2, 0.25) is 5.60 Å². The molecule has 1 aliphatic rings. The molecule has 0 aromatic heterocycles. The summed E-state index contributed by atoms with van der Waals surface area (Å²) in [6, 6.07) is 0. The second-order valence-corrected chi connectivity index (χ2v) is 3.01. The van der Waals surface area contributed by atoms with E-state index in [-0.39, 0.29) is 13.0 Å². The van der Waals surface area contributed by atoms with Gasteiger partial charge in [0.05, 0.1) is 13.0 Å². The van der Waals surface area contributed by atoms with E-state index in [4.69, 9.17) is 9.47 Å². The first-order valence-corrected chi connectivity index (χ1v) is 4.08. The van der Waals surface area contributed by atoms with Gasteiger partial charge in [0.25, 0.3) is 0 Å². The van der Waals surface area contributed by atoms with Crippen molar-refractivity contribution in [3.05, 3.63) is 12.2 Å². The minimum Gasteiger partial charge on any atom is -0.463 e. The highest BCUT2D eigenvalue weighted by atomic mass is 16.6. The molecular weight excluding hydrogens is 172 g/mol. The number of carbonyl (C=O) groups is 2. The maximum atomic E-state index is 11.4. The number of esters is 2. The molecule has 1 saturated heterocycles. The van der Waals surface area contributed by atoms with E-state index in [0.717, 1.165) is 0 Å². The molecule has 4 heteroatoms. The Kier molecular flexibility index (Phi) is 2.40.